The second kappa shape index (κ2) is 16.2. The summed E-state index contributed by atoms with van der Waals surface area (Å²) in [6.45, 7) is 3.46. The van der Waals surface area contributed by atoms with Crippen molar-refractivity contribution in [1.29, 1.82) is 0 Å². The second-order valence-electron chi connectivity index (χ2n) is 17.7. The minimum absolute atomic E-state index is 0.0199. The van der Waals surface area contributed by atoms with E-state index in [0.29, 0.717) is 55.5 Å². The third-order valence-electron chi connectivity index (χ3n) is 14.0. The van der Waals surface area contributed by atoms with Crippen molar-refractivity contribution < 1.29 is 24.5 Å². The van der Waals surface area contributed by atoms with E-state index in [4.69, 9.17) is 20.2 Å². The number of aryl methyl sites for hydroxylation is 1. The molecule has 2 aliphatic carbocycles. The van der Waals surface area contributed by atoms with Crippen LogP contribution in [0.5, 0.6) is 11.5 Å². The molecule has 9 aliphatic rings. The molecule has 0 amide bonds. The molecule has 59 heavy (non-hydrogen) atoms. The van der Waals surface area contributed by atoms with Gasteiger partial charge in [0.15, 0.2) is 17.7 Å². The third kappa shape index (κ3) is 7.36. The number of nitrogens with two attached hydrogens (primary N) is 1. The van der Waals surface area contributed by atoms with Crippen molar-refractivity contribution in [3.05, 3.63) is 93.3 Å². The molecule has 1 spiro atoms. The molecular weight excluding hydrogens is 777 g/mol. The predicted octanol–water partition coefficient (Wildman–Crippen LogP) is 7.15. The van der Waals surface area contributed by atoms with Gasteiger partial charge in [0.05, 0.1) is 35.9 Å². The molecule has 11 rings (SSSR count). The molecule has 11 heteroatoms. The summed E-state index contributed by atoms with van der Waals surface area (Å²) in [5.74, 6) is 13.6. The Labute approximate surface area is 355 Å². The summed E-state index contributed by atoms with van der Waals surface area (Å²) in [5, 5.41) is 26.8. The molecule has 2 aromatic carbocycles. The highest BCUT2D eigenvalue weighted by atomic mass is 33.1. The molecule has 0 saturated heterocycles. The Hall–Kier alpha value is -3.94. The molecule has 306 valence electrons. The third-order valence-corrected chi connectivity index (χ3v) is 16.4. The van der Waals surface area contributed by atoms with E-state index in [1.54, 1.807) is 10.8 Å². The number of nitrogens with one attached hydrogen (secondary N) is 1. The molecular formula is C48H52N4O5S2. The number of benzene rings is 2. The summed E-state index contributed by atoms with van der Waals surface area (Å²) in [6, 6.07) is 8.11. The van der Waals surface area contributed by atoms with Crippen LogP contribution in [0.25, 0.3) is 0 Å². The van der Waals surface area contributed by atoms with Crippen molar-refractivity contribution in [2.75, 3.05) is 18.8 Å². The van der Waals surface area contributed by atoms with Gasteiger partial charge < -0.3 is 30.3 Å². The maximum Gasteiger partial charge on any atom is 0.187 e. The topological polar surface area (TPSA) is 130 Å². The van der Waals surface area contributed by atoms with Gasteiger partial charge >= 0.3 is 0 Å². The molecule has 1 fully saturated rings. The molecule has 8 bridgehead atoms. The standard InChI is InChI=1S/C48H52N4O5S2/c1-28-4-6-30(7-5-28)42(55)21-33(53)10-8-29-9-15-43-45-38(29)27-59-58-26-32-23-51-46(49)35-12-11-34-36(44(32)35)20-31-22-50-40-25-52(24-37(31)40)47(57-45)39(13-14-41(34)54)48(18-19-56-43)16-2-3-17-48/h4,6,9,11-12,15,22,24,28,30,32,39,41-42,46-47,51,54-55H,2-3,5,7-8,10,16-17,20-21,23,25-27,49H2,1H3. The minimum Gasteiger partial charge on any atom is -0.465 e. The van der Waals surface area contributed by atoms with Crippen LogP contribution in [0.4, 0.5) is 0 Å². The summed E-state index contributed by atoms with van der Waals surface area (Å²) in [6.07, 6.45) is 16.3. The number of fused-ring (bicyclic) bond motifs is 4. The highest BCUT2D eigenvalue weighted by Gasteiger charge is 2.49. The molecule has 7 heterocycles. The van der Waals surface area contributed by atoms with Crippen molar-refractivity contribution in [2.24, 2.45) is 33.9 Å². The van der Waals surface area contributed by atoms with Gasteiger partial charge in [-0.15, -0.1) is 0 Å². The van der Waals surface area contributed by atoms with Crippen LogP contribution in [0.2, 0.25) is 0 Å². The highest BCUT2D eigenvalue weighted by molar-refractivity contribution is 8.76. The largest absolute Gasteiger partial charge is 0.465 e. The summed E-state index contributed by atoms with van der Waals surface area (Å²) < 4.78 is 13.8. The fourth-order valence-electron chi connectivity index (χ4n) is 10.6. The first-order valence-corrected chi connectivity index (χ1v) is 23.9. The van der Waals surface area contributed by atoms with E-state index in [1.165, 1.54) is 5.56 Å². The average Bonchev–Trinajstić information content (AvgIpc) is 3.98. The number of ketones is 1. The number of rotatable bonds is 6. The molecule has 8 atom stereocenters. The number of allylic oxidation sites excluding steroid dienone is 2. The number of ether oxygens (including phenoxy) is 2. The van der Waals surface area contributed by atoms with Crippen LogP contribution in [0.1, 0.15) is 110 Å². The molecule has 2 aromatic rings. The van der Waals surface area contributed by atoms with Crippen LogP contribution in [-0.2, 0) is 23.4 Å². The van der Waals surface area contributed by atoms with Gasteiger partial charge in [0.2, 0.25) is 0 Å². The van der Waals surface area contributed by atoms with Crippen molar-refractivity contribution in [2.45, 2.75) is 107 Å². The van der Waals surface area contributed by atoms with Gasteiger partial charge in [-0.25, -0.2) is 0 Å². The number of aliphatic hydroxyl groups is 2. The van der Waals surface area contributed by atoms with Crippen LogP contribution in [0.15, 0.2) is 65.0 Å². The first-order valence-electron chi connectivity index (χ1n) is 21.5. The molecule has 0 aromatic heterocycles. The highest BCUT2D eigenvalue weighted by Crippen LogP contribution is 2.51. The van der Waals surface area contributed by atoms with Crippen LogP contribution in [0.3, 0.4) is 0 Å². The lowest BCUT2D eigenvalue weighted by Crippen LogP contribution is -2.47. The quantitative estimate of drug-likeness (QED) is 0.136. The molecule has 1 saturated carbocycles. The van der Waals surface area contributed by atoms with Crippen molar-refractivity contribution in [3.8, 4) is 35.4 Å². The number of carbonyl (C=O) groups excluding carboxylic acids is 1. The Morgan fingerprint density at radius 3 is 2.83 bits per heavy atom. The normalized spacial score (nSPS) is 30.1. The van der Waals surface area contributed by atoms with E-state index >= 15 is 0 Å². The van der Waals surface area contributed by atoms with Crippen LogP contribution < -0.4 is 20.5 Å². The molecule has 8 unspecified atom stereocenters. The van der Waals surface area contributed by atoms with E-state index in [9.17, 15) is 15.0 Å². The fraction of sp³-hybridized carbons (Fsp3) is 0.500. The van der Waals surface area contributed by atoms with Gasteiger partial charge in [-0.1, -0.05) is 89.5 Å². The number of hydrogen-bond donors (Lipinski definition) is 4. The van der Waals surface area contributed by atoms with Gasteiger partial charge in [-0.05, 0) is 77.5 Å². The van der Waals surface area contributed by atoms with Crippen LogP contribution in [0, 0.1) is 47.0 Å². The van der Waals surface area contributed by atoms with Crippen molar-refractivity contribution >= 4 is 33.1 Å². The Morgan fingerprint density at radius 1 is 1.12 bits per heavy atom. The van der Waals surface area contributed by atoms with Crippen molar-refractivity contribution in [3.63, 3.8) is 0 Å². The van der Waals surface area contributed by atoms with Gasteiger partial charge in [-0.3, -0.25) is 15.1 Å². The monoisotopic (exact) mass is 828 g/mol. The SMILES string of the molecule is CC1C=CC(C(O)CC(=O)CCc2ccc3c4c2CSSCC2CNC(N)c5ccc6c(c52)CC2=CN=C5CN(C=C25)C(O4)C(C#CC6O)C2(C#CO3)CCCC2)CC1. The summed E-state index contributed by atoms with van der Waals surface area (Å²) >= 11 is 0. The molecule has 7 aliphatic heterocycles. The number of aliphatic hydroxyl groups excluding tert-OH is 2. The van der Waals surface area contributed by atoms with E-state index in [0.717, 1.165) is 89.0 Å². The zero-order chi connectivity index (χ0) is 40.3. The van der Waals surface area contributed by atoms with Gasteiger partial charge in [0.1, 0.15) is 18.0 Å². The van der Waals surface area contributed by atoms with Gasteiger partial charge in [-0.2, -0.15) is 0 Å². The van der Waals surface area contributed by atoms with Gasteiger partial charge in [0, 0.05) is 72.7 Å². The minimum atomic E-state index is -1.03. The Balaban J connectivity index is 1.09. The molecule has 5 N–H and O–H groups in total. The zero-order valence-corrected chi connectivity index (χ0v) is 35.2. The lowest BCUT2D eigenvalue weighted by atomic mass is 9.73. The number of Topliss-reactive ketones (excluding diaryl/α,β-unsaturated/α-hetero) is 1. The van der Waals surface area contributed by atoms with E-state index in [-0.39, 0.29) is 30.2 Å². The number of nitrogens with zero attached hydrogens (tertiary/aromatic N) is 2. The molecule has 9 nitrogen and oxygen atoms in total. The lowest BCUT2D eigenvalue weighted by molar-refractivity contribution is -0.121. The summed E-state index contributed by atoms with van der Waals surface area (Å²) in [7, 11) is 3.59. The average molecular weight is 829 g/mol. The first kappa shape index (κ1) is 39.2. The zero-order valence-electron chi connectivity index (χ0n) is 33.5. The maximum atomic E-state index is 13.5. The van der Waals surface area contributed by atoms with E-state index in [1.807, 2.05) is 29.1 Å². The van der Waals surface area contributed by atoms with Crippen LogP contribution >= 0.6 is 21.6 Å². The summed E-state index contributed by atoms with van der Waals surface area (Å²) in [4.78, 5) is 20.8. The Bertz CT molecular complexity index is 2310. The fourth-order valence-corrected chi connectivity index (χ4v) is 13.0. The van der Waals surface area contributed by atoms with Crippen molar-refractivity contribution in [1.82, 2.24) is 10.2 Å². The Morgan fingerprint density at radius 2 is 1.98 bits per heavy atom. The summed E-state index contributed by atoms with van der Waals surface area (Å²) in [5.41, 5.74) is 15.6. The van der Waals surface area contributed by atoms with Gasteiger partial charge in [0.25, 0.3) is 0 Å². The maximum absolute atomic E-state index is 13.5. The van der Waals surface area contributed by atoms with E-state index in [2.05, 4.69) is 71.5 Å². The molecule has 0 radical (unpaired) electrons. The van der Waals surface area contributed by atoms with Crippen LogP contribution in [-0.4, -0.2) is 57.8 Å². The van der Waals surface area contributed by atoms with E-state index < -0.39 is 29.8 Å². The Kier molecular flexibility index (Phi) is 10.7. The second-order valence-corrected chi connectivity index (χ2v) is 20.2. The number of aliphatic imine (C=N–C) groups is 1. The number of carbonyl (C=O) groups is 1. The smallest absolute Gasteiger partial charge is 0.187 e. The lowest BCUT2D eigenvalue weighted by Gasteiger charge is -2.39. The number of hydrogen-bond acceptors (Lipinski definition) is 11. The predicted molar refractivity (Wildman–Crippen MR) is 233 cm³/mol. The first-order chi connectivity index (χ1) is 28.7.